The van der Waals surface area contributed by atoms with Crippen LogP contribution in [0.5, 0.6) is 0 Å². The first-order chi connectivity index (χ1) is 8.61. The van der Waals surface area contributed by atoms with Gasteiger partial charge in [0.25, 0.3) is 0 Å². The van der Waals surface area contributed by atoms with Crippen molar-refractivity contribution in [3.63, 3.8) is 0 Å². The Labute approximate surface area is 115 Å². The van der Waals surface area contributed by atoms with Gasteiger partial charge in [0.2, 0.25) is 0 Å². The van der Waals surface area contributed by atoms with Crippen molar-refractivity contribution in [1.29, 1.82) is 0 Å². The van der Waals surface area contributed by atoms with Crippen molar-refractivity contribution < 1.29 is 9.13 Å². The van der Waals surface area contributed by atoms with Gasteiger partial charge in [-0.1, -0.05) is 22.9 Å². The Balaban J connectivity index is 2.12. The Morgan fingerprint density at radius 1 is 1.61 bits per heavy atom. The minimum absolute atomic E-state index is 0.000556. The summed E-state index contributed by atoms with van der Waals surface area (Å²) in [5.74, 6) is 5.85. The van der Waals surface area contributed by atoms with Crippen LogP contribution in [0.1, 0.15) is 18.9 Å². The van der Waals surface area contributed by atoms with Crippen molar-refractivity contribution in [3.8, 4) is 0 Å². The molecule has 1 aliphatic rings. The molecule has 1 aromatic carbocycles. The number of hydrogen-bond donors (Lipinski definition) is 2. The van der Waals surface area contributed by atoms with Crippen LogP contribution >= 0.6 is 15.9 Å². The molecule has 3 nitrogen and oxygen atoms in total. The van der Waals surface area contributed by atoms with Gasteiger partial charge in [0.15, 0.2) is 0 Å². The summed E-state index contributed by atoms with van der Waals surface area (Å²) >= 11 is 3.44. The van der Waals surface area contributed by atoms with Crippen molar-refractivity contribution in [2.24, 2.45) is 11.8 Å². The van der Waals surface area contributed by atoms with E-state index in [1.54, 1.807) is 6.07 Å². The largest absolute Gasteiger partial charge is 0.376 e. The normalized spacial score (nSPS) is 25.3. The van der Waals surface area contributed by atoms with Crippen LogP contribution in [0, 0.1) is 11.7 Å². The van der Waals surface area contributed by atoms with Crippen LogP contribution < -0.4 is 11.3 Å². The maximum Gasteiger partial charge on any atom is 0.123 e. The molecule has 18 heavy (non-hydrogen) atoms. The maximum atomic E-state index is 13.3. The van der Waals surface area contributed by atoms with E-state index in [9.17, 15) is 4.39 Å². The molecule has 0 aromatic heterocycles. The number of rotatable bonds is 4. The second-order valence-corrected chi connectivity index (χ2v) is 5.67. The van der Waals surface area contributed by atoms with Crippen molar-refractivity contribution in [1.82, 2.24) is 5.43 Å². The molecule has 1 aliphatic heterocycles. The molecule has 1 fully saturated rings. The SMILES string of the molecule is CC1CCOC1C(Cc1cc(F)ccc1Br)NN. The van der Waals surface area contributed by atoms with Crippen LogP contribution in [-0.4, -0.2) is 18.8 Å². The Bertz CT molecular complexity index is 416. The lowest BCUT2D eigenvalue weighted by Crippen LogP contribution is -2.47. The third-order valence-corrected chi connectivity index (χ3v) is 4.28. The summed E-state index contributed by atoms with van der Waals surface area (Å²) in [5.41, 5.74) is 3.70. The lowest BCUT2D eigenvalue weighted by Gasteiger charge is -2.25. The Hall–Kier alpha value is -0.490. The molecule has 1 heterocycles. The zero-order valence-electron chi connectivity index (χ0n) is 10.3. The van der Waals surface area contributed by atoms with Crippen molar-refractivity contribution in [2.45, 2.75) is 31.9 Å². The molecular weight excluding hydrogens is 299 g/mol. The minimum atomic E-state index is -0.232. The number of hydrazine groups is 1. The lowest BCUT2D eigenvalue weighted by molar-refractivity contribution is 0.0610. The third kappa shape index (κ3) is 3.09. The first kappa shape index (κ1) is 13.9. The van der Waals surface area contributed by atoms with Crippen molar-refractivity contribution in [2.75, 3.05) is 6.61 Å². The van der Waals surface area contributed by atoms with Gasteiger partial charge in [-0.05, 0) is 42.5 Å². The predicted octanol–water partition coefficient (Wildman–Crippen LogP) is 2.39. The van der Waals surface area contributed by atoms with Crippen LogP contribution in [0.25, 0.3) is 0 Å². The summed E-state index contributed by atoms with van der Waals surface area (Å²) < 4.78 is 19.9. The molecule has 1 aromatic rings. The molecule has 2 rings (SSSR count). The van der Waals surface area contributed by atoms with Gasteiger partial charge in [0.05, 0.1) is 12.1 Å². The molecule has 0 saturated carbocycles. The van der Waals surface area contributed by atoms with Gasteiger partial charge in [-0.3, -0.25) is 11.3 Å². The quantitative estimate of drug-likeness (QED) is 0.662. The van der Waals surface area contributed by atoms with Crippen LogP contribution in [-0.2, 0) is 11.2 Å². The second kappa shape index (κ2) is 6.10. The van der Waals surface area contributed by atoms with Gasteiger partial charge < -0.3 is 4.74 Å². The molecule has 100 valence electrons. The summed E-state index contributed by atoms with van der Waals surface area (Å²) in [6.45, 7) is 2.93. The molecule has 3 atom stereocenters. The van der Waals surface area contributed by atoms with E-state index >= 15 is 0 Å². The van der Waals surface area contributed by atoms with E-state index in [-0.39, 0.29) is 18.0 Å². The molecule has 0 aliphatic carbocycles. The zero-order valence-corrected chi connectivity index (χ0v) is 11.9. The van der Waals surface area contributed by atoms with Gasteiger partial charge in [0, 0.05) is 11.1 Å². The fourth-order valence-electron chi connectivity index (χ4n) is 2.44. The number of ether oxygens (including phenoxy) is 1. The monoisotopic (exact) mass is 316 g/mol. The minimum Gasteiger partial charge on any atom is -0.376 e. The zero-order chi connectivity index (χ0) is 13.1. The fourth-order valence-corrected chi connectivity index (χ4v) is 2.85. The van der Waals surface area contributed by atoms with Crippen molar-refractivity contribution >= 4 is 15.9 Å². The fraction of sp³-hybridized carbons (Fsp3) is 0.538. The Kier molecular flexibility index (Phi) is 4.72. The first-order valence-corrected chi connectivity index (χ1v) is 6.92. The van der Waals surface area contributed by atoms with Gasteiger partial charge in [0.1, 0.15) is 5.82 Å². The molecule has 0 bridgehead atoms. The first-order valence-electron chi connectivity index (χ1n) is 6.13. The number of nitrogens with one attached hydrogen (secondary N) is 1. The molecule has 5 heteroatoms. The molecular formula is C13H18BrFN2O. The molecule has 0 radical (unpaired) electrons. The maximum absolute atomic E-state index is 13.3. The number of hydrogen-bond acceptors (Lipinski definition) is 3. The Morgan fingerprint density at radius 2 is 2.39 bits per heavy atom. The molecule has 0 amide bonds. The Morgan fingerprint density at radius 3 is 3.00 bits per heavy atom. The average Bonchev–Trinajstić information content (AvgIpc) is 2.77. The van der Waals surface area contributed by atoms with E-state index in [1.165, 1.54) is 12.1 Å². The van der Waals surface area contributed by atoms with Crippen LogP contribution in [0.3, 0.4) is 0 Å². The van der Waals surface area contributed by atoms with Gasteiger partial charge >= 0.3 is 0 Å². The van der Waals surface area contributed by atoms with Gasteiger partial charge in [-0.25, -0.2) is 4.39 Å². The van der Waals surface area contributed by atoms with E-state index in [0.717, 1.165) is 23.1 Å². The molecule has 3 N–H and O–H groups in total. The number of benzene rings is 1. The van der Waals surface area contributed by atoms with E-state index in [4.69, 9.17) is 10.6 Å². The highest BCUT2D eigenvalue weighted by molar-refractivity contribution is 9.10. The highest BCUT2D eigenvalue weighted by Crippen LogP contribution is 2.26. The summed E-state index contributed by atoms with van der Waals surface area (Å²) in [4.78, 5) is 0. The van der Waals surface area contributed by atoms with Crippen molar-refractivity contribution in [3.05, 3.63) is 34.1 Å². The second-order valence-electron chi connectivity index (χ2n) is 4.81. The van der Waals surface area contributed by atoms with Crippen LogP contribution in [0.2, 0.25) is 0 Å². The third-order valence-electron chi connectivity index (χ3n) is 3.50. The van der Waals surface area contributed by atoms with Crippen LogP contribution in [0.4, 0.5) is 4.39 Å². The summed E-state index contributed by atoms with van der Waals surface area (Å²) in [7, 11) is 0. The lowest BCUT2D eigenvalue weighted by atomic mass is 9.93. The molecule has 0 spiro atoms. The highest BCUT2D eigenvalue weighted by Gasteiger charge is 2.31. The molecule has 3 unspecified atom stereocenters. The topological polar surface area (TPSA) is 47.3 Å². The van der Waals surface area contributed by atoms with Gasteiger partial charge in [-0.15, -0.1) is 0 Å². The summed E-state index contributed by atoms with van der Waals surface area (Å²) in [6, 6.07) is 4.69. The summed E-state index contributed by atoms with van der Waals surface area (Å²) in [5, 5.41) is 0. The van der Waals surface area contributed by atoms with E-state index in [2.05, 4.69) is 28.3 Å². The number of halogens is 2. The smallest absolute Gasteiger partial charge is 0.123 e. The van der Waals surface area contributed by atoms with E-state index in [1.807, 2.05) is 0 Å². The average molecular weight is 317 g/mol. The number of nitrogens with two attached hydrogens (primary N) is 1. The van der Waals surface area contributed by atoms with E-state index in [0.29, 0.717) is 12.3 Å². The van der Waals surface area contributed by atoms with E-state index < -0.39 is 0 Å². The van der Waals surface area contributed by atoms with Gasteiger partial charge in [-0.2, -0.15) is 0 Å². The highest BCUT2D eigenvalue weighted by atomic mass is 79.9. The standard InChI is InChI=1S/C13H18BrFN2O/c1-8-4-5-18-13(8)12(17-16)7-9-6-10(15)2-3-11(9)14/h2-3,6,8,12-13,17H,4-5,7,16H2,1H3. The summed E-state index contributed by atoms with van der Waals surface area (Å²) in [6.07, 6.45) is 1.78. The van der Waals surface area contributed by atoms with Crippen LogP contribution in [0.15, 0.2) is 22.7 Å². The predicted molar refractivity (Wildman–Crippen MR) is 72.4 cm³/mol. The molecule has 1 saturated heterocycles.